The lowest BCUT2D eigenvalue weighted by Crippen LogP contribution is -2.39. The van der Waals surface area contributed by atoms with Gasteiger partial charge in [-0.2, -0.15) is 4.21 Å². The van der Waals surface area contributed by atoms with E-state index in [9.17, 15) is 13.8 Å². The lowest BCUT2D eigenvalue weighted by molar-refractivity contribution is -0.166. The zero-order chi connectivity index (χ0) is 16.5. The van der Waals surface area contributed by atoms with Crippen LogP contribution >= 0.6 is 0 Å². The standard InChI is InChI=1S/C14H20O7S/c1-4-10(15)19-7-11(16)20-12-8-5-6-9(14(8,2)3)13(12)21-22(17)18/h4,8-9,12-13H,1,5-7H2,2-3H3,(H,17,18). The molecule has 0 radical (unpaired) electrons. The van der Waals surface area contributed by atoms with Crippen molar-refractivity contribution in [1.82, 2.24) is 0 Å². The number of hydrogen-bond donors (Lipinski definition) is 1. The molecule has 2 aliphatic carbocycles. The maximum absolute atomic E-state index is 11.8. The number of hydrogen-bond acceptors (Lipinski definition) is 6. The highest BCUT2D eigenvalue weighted by Crippen LogP contribution is 2.59. The largest absolute Gasteiger partial charge is 0.457 e. The van der Waals surface area contributed by atoms with Gasteiger partial charge in [0.15, 0.2) is 6.61 Å². The van der Waals surface area contributed by atoms with Crippen LogP contribution in [-0.4, -0.2) is 39.5 Å². The van der Waals surface area contributed by atoms with Gasteiger partial charge in [0.05, 0.1) is 0 Å². The lowest BCUT2D eigenvalue weighted by atomic mass is 9.82. The van der Waals surface area contributed by atoms with Crippen LogP contribution in [0.1, 0.15) is 26.7 Å². The van der Waals surface area contributed by atoms with Crippen LogP contribution in [0, 0.1) is 17.3 Å². The Morgan fingerprint density at radius 1 is 1.32 bits per heavy atom. The van der Waals surface area contributed by atoms with Crippen LogP contribution in [0.2, 0.25) is 0 Å². The number of carbonyl (C=O) groups is 2. The van der Waals surface area contributed by atoms with E-state index in [-0.39, 0.29) is 17.3 Å². The molecule has 2 bridgehead atoms. The molecule has 2 saturated carbocycles. The summed E-state index contributed by atoms with van der Waals surface area (Å²) in [5.41, 5.74) is -0.146. The van der Waals surface area contributed by atoms with Crippen molar-refractivity contribution in [2.24, 2.45) is 17.3 Å². The Hall–Kier alpha value is -1.25. The minimum Gasteiger partial charge on any atom is -0.457 e. The van der Waals surface area contributed by atoms with Crippen molar-refractivity contribution in [3.63, 3.8) is 0 Å². The van der Waals surface area contributed by atoms with Crippen LogP contribution < -0.4 is 0 Å². The van der Waals surface area contributed by atoms with Crippen molar-refractivity contribution in [1.29, 1.82) is 0 Å². The fourth-order valence-corrected chi connectivity index (χ4v) is 4.19. The maximum Gasteiger partial charge on any atom is 0.344 e. The van der Waals surface area contributed by atoms with Gasteiger partial charge in [0, 0.05) is 12.0 Å². The minimum absolute atomic E-state index is 0.0436. The SMILES string of the molecule is C=CC(=O)OCC(=O)OC1C(OS(=O)O)C2CCC1C2(C)C. The normalized spacial score (nSPS) is 33.2. The number of ether oxygens (including phenoxy) is 2. The van der Waals surface area contributed by atoms with Gasteiger partial charge in [-0.05, 0) is 24.2 Å². The van der Waals surface area contributed by atoms with E-state index in [0.717, 1.165) is 18.9 Å². The quantitative estimate of drug-likeness (QED) is 0.443. The molecule has 22 heavy (non-hydrogen) atoms. The number of fused-ring (bicyclic) bond motifs is 2. The molecule has 124 valence electrons. The molecule has 0 aromatic rings. The molecule has 5 atom stereocenters. The molecule has 7 nitrogen and oxygen atoms in total. The van der Waals surface area contributed by atoms with Crippen molar-refractivity contribution >= 4 is 23.3 Å². The average Bonchev–Trinajstić information content (AvgIpc) is 2.83. The van der Waals surface area contributed by atoms with Gasteiger partial charge in [0.1, 0.15) is 12.2 Å². The molecule has 2 aliphatic rings. The molecule has 5 unspecified atom stereocenters. The number of rotatable bonds is 6. The van der Waals surface area contributed by atoms with Gasteiger partial charge in [0.25, 0.3) is 0 Å². The molecule has 2 fully saturated rings. The zero-order valence-electron chi connectivity index (χ0n) is 12.5. The first kappa shape index (κ1) is 17.1. The Morgan fingerprint density at radius 2 is 1.91 bits per heavy atom. The Balaban J connectivity index is 2.04. The molecular formula is C14H20O7S. The number of carbonyl (C=O) groups excluding carboxylic acids is 2. The van der Waals surface area contributed by atoms with Gasteiger partial charge in [-0.25, -0.2) is 9.59 Å². The Morgan fingerprint density at radius 3 is 2.45 bits per heavy atom. The van der Waals surface area contributed by atoms with Gasteiger partial charge in [-0.1, -0.05) is 20.4 Å². The van der Waals surface area contributed by atoms with Crippen molar-refractivity contribution in [2.75, 3.05) is 6.61 Å². The molecule has 0 aromatic carbocycles. The van der Waals surface area contributed by atoms with E-state index in [4.69, 9.17) is 13.5 Å². The van der Waals surface area contributed by atoms with Crippen LogP contribution in [0.3, 0.4) is 0 Å². The second kappa shape index (κ2) is 6.47. The third kappa shape index (κ3) is 3.23. The lowest BCUT2D eigenvalue weighted by Gasteiger charge is -2.28. The van der Waals surface area contributed by atoms with Gasteiger partial charge in [-0.15, -0.1) is 0 Å². The molecule has 0 aliphatic heterocycles. The summed E-state index contributed by atoms with van der Waals surface area (Å²) in [5, 5.41) is 0. The van der Waals surface area contributed by atoms with Gasteiger partial charge < -0.3 is 9.47 Å². The van der Waals surface area contributed by atoms with E-state index in [2.05, 4.69) is 11.3 Å². The van der Waals surface area contributed by atoms with E-state index in [0.29, 0.717) is 0 Å². The van der Waals surface area contributed by atoms with Crippen molar-refractivity contribution in [3.05, 3.63) is 12.7 Å². The summed E-state index contributed by atoms with van der Waals surface area (Å²) in [6, 6.07) is 0. The maximum atomic E-state index is 11.8. The van der Waals surface area contributed by atoms with Crippen LogP contribution in [0.25, 0.3) is 0 Å². The predicted octanol–water partition coefficient (Wildman–Crippen LogP) is 1.22. The van der Waals surface area contributed by atoms with Crippen LogP contribution in [-0.2, 0) is 34.6 Å². The molecule has 0 heterocycles. The fraction of sp³-hybridized carbons (Fsp3) is 0.714. The zero-order valence-corrected chi connectivity index (χ0v) is 13.3. The summed E-state index contributed by atoms with van der Waals surface area (Å²) in [6.07, 6.45) is 1.44. The third-order valence-electron chi connectivity index (χ3n) is 4.78. The Kier molecular flexibility index (Phi) is 5.03. The van der Waals surface area contributed by atoms with Crippen molar-refractivity contribution in [3.8, 4) is 0 Å². The molecule has 0 spiro atoms. The Bertz CT molecular complexity index is 501. The van der Waals surface area contributed by atoms with E-state index < -0.39 is 42.1 Å². The first-order chi connectivity index (χ1) is 10.3. The van der Waals surface area contributed by atoms with E-state index >= 15 is 0 Å². The van der Waals surface area contributed by atoms with E-state index in [1.54, 1.807) is 0 Å². The molecule has 8 heteroatoms. The average molecular weight is 332 g/mol. The van der Waals surface area contributed by atoms with Crippen LogP contribution in [0.15, 0.2) is 12.7 Å². The second-order valence-electron chi connectivity index (χ2n) is 6.16. The van der Waals surface area contributed by atoms with Gasteiger partial charge in [-0.3, -0.25) is 8.74 Å². The summed E-state index contributed by atoms with van der Waals surface area (Å²) in [6.45, 7) is 6.79. The summed E-state index contributed by atoms with van der Waals surface area (Å²) >= 11 is -2.43. The smallest absolute Gasteiger partial charge is 0.344 e. The first-order valence-electron chi connectivity index (χ1n) is 7.04. The van der Waals surface area contributed by atoms with E-state index in [1.807, 2.05) is 13.8 Å². The summed E-state index contributed by atoms with van der Waals surface area (Å²) in [5.74, 6) is -1.33. The monoisotopic (exact) mass is 332 g/mol. The molecule has 2 rings (SSSR count). The third-order valence-corrected chi connectivity index (χ3v) is 5.16. The summed E-state index contributed by atoms with van der Waals surface area (Å²) in [4.78, 5) is 22.8. The number of esters is 2. The Labute approximate surface area is 131 Å². The highest BCUT2D eigenvalue weighted by atomic mass is 32.2. The summed E-state index contributed by atoms with van der Waals surface area (Å²) < 4.78 is 35.1. The van der Waals surface area contributed by atoms with Crippen LogP contribution in [0.4, 0.5) is 0 Å². The minimum atomic E-state index is -2.43. The second-order valence-corrected chi connectivity index (χ2v) is 6.78. The molecule has 0 aromatic heterocycles. The highest BCUT2D eigenvalue weighted by Gasteiger charge is 2.62. The highest BCUT2D eigenvalue weighted by molar-refractivity contribution is 7.74. The fourth-order valence-electron chi connectivity index (χ4n) is 3.75. The summed E-state index contributed by atoms with van der Waals surface area (Å²) in [7, 11) is 0. The van der Waals surface area contributed by atoms with E-state index in [1.165, 1.54) is 0 Å². The topological polar surface area (TPSA) is 99.1 Å². The van der Waals surface area contributed by atoms with Gasteiger partial charge in [0.2, 0.25) is 0 Å². The first-order valence-corrected chi connectivity index (χ1v) is 8.07. The molecule has 1 N–H and O–H groups in total. The van der Waals surface area contributed by atoms with Crippen molar-refractivity contribution in [2.45, 2.75) is 38.9 Å². The molecule has 0 amide bonds. The molecular weight excluding hydrogens is 312 g/mol. The van der Waals surface area contributed by atoms with Crippen molar-refractivity contribution < 1.29 is 32.0 Å². The van der Waals surface area contributed by atoms with Gasteiger partial charge >= 0.3 is 23.3 Å². The van der Waals surface area contributed by atoms with Crippen LogP contribution in [0.5, 0.6) is 0 Å². The predicted molar refractivity (Wildman–Crippen MR) is 76.7 cm³/mol. The molecule has 0 saturated heterocycles.